The van der Waals surface area contributed by atoms with Crippen LogP contribution < -0.4 is 9.97 Å². The minimum Gasteiger partial charge on any atom is -0.396 e. The topological polar surface area (TPSA) is 90.5 Å². The quantitative estimate of drug-likeness (QED) is 0.851. The average Bonchev–Trinajstić information content (AvgIpc) is 2.61. The lowest BCUT2D eigenvalue weighted by atomic mass is 10.3. The van der Waals surface area contributed by atoms with Gasteiger partial charge >= 0.3 is 15.8 Å². The molecule has 0 aliphatic heterocycles. The Morgan fingerprint density at radius 1 is 1.40 bits per heavy atom. The lowest BCUT2D eigenvalue weighted by Gasteiger charge is -2.02. The van der Waals surface area contributed by atoms with Crippen LogP contribution in [0.25, 0.3) is 11.0 Å². The van der Waals surface area contributed by atoms with E-state index in [-0.39, 0.29) is 18.7 Å². The Hall–Kier alpha value is -1.51. The average molecular weight is 321 g/mol. The minimum absolute atomic E-state index is 0.101. The highest BCUT2D eigenvalue weighted by molar-refractivity contribution is 7.86. The second-order valence-electron chi connectivity index (χ2n) is 4.19. The van der Waals surface area contributed by atoms with E-state index in [0.29, 0.717) is 21.7 Å². The molecule has 0 bridgehead atoms. The summed E-state index contributed by atoms with van der Waals surface area (Å²) in [5, 5.41) is 9.17. The maximum Gasteiger partial charge on any atom is 0.363 e. The molecule has 110 valence electrons. The minimum atomic E-state index is -3.85. The van der Waals surface area contributed by atoms with Crippen molar-refractivity contribution in [2.24, 2.45) is 0 Å². The zero-order chi connectivity index (χ0) is 14.9. The fourth-order valence-electron chi connectivity index (χ4n) is 1.89. The summed E-state index contributed by atoms with van der Waals surface area (Å²) in [5.41, 5.74) is -0.0332. The van der Waals surface area contributed by atoms with Crippen LogP contribution in [0.5, 0.6) is 0 Å². The summed E-state index contributed by atoms with van der Waals surface area (Å²) in [6, 6.07) is 4.70. The predicted octanol–water partition coefficient (Wildman–Crippen LogP) is 0.227. The van der Waals surface area contributed by atoms with Crippen molar-refractivity contribution in [3.8, 4) is 0 Å². The molecule has 0 aliphatic rings. The number of aliphatic hydroxyl groups is 1. The molecule has 9 heteroatoms. The predicted molar refractivity (Wildman–Crippen MR) is 74.3 cm³/mol. The monoisotopic (exact) mass is 320 g/mol. The van der Waals surface area contributed by atoms with Gasteiger partial charge in [0.1, 0.15) is 5.52 Å². The second-order valence-corrected chi connectivity index (χ2v) is 6.16. The van der Waals surface area contributed by atoms with Crippen molar-refractivity contribution >= 4 is 32.8 Å². The lowest BCUT2D eigenvalue weighted by Crippen LogP contribution is -2.32. The lowest BCUT2D eigenvalue weighted by molar-refractivity contribution is 0.266. The molecule has 20 heavy (non-hydrogen) atoms. The summed E-state index contributed by atoms with van der Waals surface area (Å²) in [7, 11) is -3.85. The van der Waals surface area contributed by atoms with Crippen LogP contribution in [0.2, 0.25) is 5.02 Å². The van der Waals surface area contributed by atoms with Gasteiger partial charge in [0.05, 0.1) is 16.8 Å². The van der Waals surface area contributed by atoms with Gasteiger partial charge in [-0.05, 0) is 18.6 Å². The van der Waals surface area contributed by atoms with Crippen LogP contribution in [0.4, 0.5) is 0 Å². The van der Waals surface area contributed by atoms with Gasteiger partial charge in [-0.3, -0.25) is 8.85 Å². The van der Waals surface area contributed by atoms with E-state index < -0.39 is 15.8 Å². The molecule has 0 unspecified atom stereocenters. The van der Waals surface area contributed by atoms with Crippen LogP contribution >= 0.6 is 11.6 Å². The first-order valence-corrected chi connectivity index (χ1v) is 7.95. The molecule has 1 heterocycles. The molecule has 0 spiro atoms. The summed E-state index contributed by atoms with van der Waals surface area (Å²) < 4.78 is 29.1. The molecule has 1 aromatic carbocycles. The van der Waals surface area contributed by atoms with Crippen molar-refractivity contribution in [2.45, 2.75) is 13.0 Å². The Morgan fingerprint density at radius 3 is 2.70 bits per heavy atom. The number of rotatable bonds is 5. The van der Waals surface area contributed by atoms with Gasteiger partial charge in [0.2, 0.25) is 0 Å². The highest BCUT2D eigenvalue weighted by Crippen LogP contribution is 2.22. The third kappa shape index (κ3) is 2.82. The van der Waals surface area contributed by atoms with E-state index in [4.69, 9.17) is 21.0 Å². The first-order valence-electron chi connectivity index (χ1n) is 5.75. The number of benzene rings is 1. The van der Waals surface area contributed by atoms with Gasteiger partial charge in [-0.25, -0.2) is 4.79 Å². The summed E-state index contributed by atoms with van der Waals surface area (Å²) in [4.78, 5) is 12.2. The molecule has 0 amide bonds. The van der Waals surface area contributed by atoms with Crippen molar-refractivity contribution < 1.29 is 17.8 Å². The molecule has 0 atom stereocenters. The molecule has 0 aliphatic carbocycles. The Balaban J connectivity index is 2.73. The molecule has 0 radical (unpaired) electrons. The number of hydrogen-bond acceptors (Lipinski definition) is 5. The molecular weight excluding hydrogens is 308 g/mol. The second kappa shape index (κ2) is 5.47. The third-order valence-electron chi connectivity index (χ3n) is 2.61. The van der Waals surface area contributed by atoms with Crippen LogP contribution in [-0.2, 0) is 16.7 Å². The Kier molecular flexibility index (Phi) is 4.07. The van der Waals surface area contributed by atoms with Crippen LogP contribution in [-0.4, -0.2) is 35.7 Å². The number of nitrogens with zero attached hydrogens (tertiary/aromatic N) is 2. The van der Waals surface area contributed by atoms with Gasteiger partial charge in [-0.1, -0.05) is 17.7 Å². The van der Waals surface area contributed by atoms with E-state index in [9.17, 15) is 13.2 Å². The van der Waals surface area contributed by atoms with E-state index in [1.54, 1.807) is 12.1 Å². The molecule has 1 aromatic heterocycles. The summed E-state index contributed by atoms with van der Waals surface area (Å²) in [6.45, 7) is 0.103. The fraction of sp³-hybridized carbons (Fsp3) is 0.364. The molecule has 2 rings (SSSR count). The van der Waals surface area contributed by atoms with E-state index >= 15 is 0 Å². The molecule has 0 saturated heterocycles. The molecule has 2 aromatic rings. The van der Waals surface area contributed by atoms with E-state index in [1.807, 2.05) is 0 Å². The Morgan fingerprint density at radius 2 is 2.10 bits per heavy atom. The number of hydrogen-bond donors (Lipinski definition) is 1. The number of imidazole rings is 1. The molecule has 1 N–H and O–H groups in total. The van der Waals surface area contributed by atoms with Crippen molar-refractivity contribution in [3.05, 3.63) is 33.7 Å². The van der Waals surface area contributed by atoms with Crippen LogP contribution in [0, 0.1) is 0 Å². The van der Waals surface area contributed by atoms with E-state index in [2.05, 4.69) is 0 Å². The van der Waals surface area contributed by atoms with E-state index in [1.165, 1.54) is 10.6 Å². The third-order valence-corrected chi connectivity index (χ3v) is 3.33. The highest BCUT2D eigenvalue weighted by Gasteiger charge is 2.19. The summed E-state index contributed by atoms with van der Waals surface area (Å²) in [6.07, 6.45) is 1.18. The fourth-order valence-corrected chi connectivity index (χ4v) is 2.57. The van der Waals surface area contributed by atoms with Crippen LogP contribution in [0.15, 0.2) is 23.0 Å². The SMILES string of the molecule is CS(=O)(=O)On1c(=O)n(CCCO)c2c(Cl)cccc21. The van der Waals surface area contributed by atoms with Crippen molar-refractivity contribution in [2.75, 3.05) is 12.9 Å². The van der Waals surface area contributed by atoms with Gasteiger partial charge in [0, 0.05) is 13.2 Å². The van der Waals surface area contributed by atoms with Crippen molar-refractivity contribution in [1.29, 1.82) is 0 Å². The summed E-state index contributed by atoms with van der Waals surface area (Å²) in [5.74, 6) is 0. The normalized spacial score (nSPS) is 11.9. The Bertz CT molecular complexity index is 793. The van der Waals surface area contributed by atoms with Crippen LogP contribution in [0.3, 0.4) is 0 Å². The number of aromatic nitrogens is 2. The zero-order valence-electron chi connectivity index (χ0n) is 10.6. The molecule has 0 saturated carbocycles. The molecular formula is C11H13ClN2O5S. The van der Waals surface area contributed by atoms with Crippen LogP contribution in [0.1, 0.15) is 6.42 Å². The van der Waals surface area contributed by atoms with Crippen molar-refractivity contribution in [1.82, 2.24) is 9.30 Å². The highest BCUT2D eigenvalue weighted by atomic mass is 35.5. The Labute approximate surface area is 120 Å². The standard InChI is InChI=1S/C11H13ClN2O5S/c1-20(17,18)19-14-9-5-2-4-8(12)10(9)13(11(14)16)6-3-7-15/h2,4-5,15H,3,6-7H2,1H3. The number of halogens is 1. The number of aliphatic hydroxyl groups excluding tert-OH is 1. The van der Waals surface area contributed by atoms with Gasteiger partial charge in [0.25, 0.3) is 0 Å². The van der Waals surface area contributed by atoms with Gasteiger partial charge in [-0.2, -0.15) is 8.42 Å². The summed E-state index contributed by atoms with van der Waals surface area (Å²) >= 11 is 6.06. The van der Waals surface area contributed by atoms with Gasteiger partial charge < -0.3 is 5.11 Å². The maximum absolute atomic E-state index is 12.2. The molecule has 0 fully saturated rings. The first-order chi connectivity index (χ1) is 9.35. The van der Waals surface area contributed by atoms with Gasteiger partial charge in [0.15, 0.2) is 0 Å². The van der Waals surface area contributed by atoms with E-state index in [0.717, 1.165) is 6.26 Å². The number of aryl methyl sites for hydroxylation is 1. The maximum atomic E-state index is 12.2. The van der Waals surface area contributed by atoms with Gasteiger partial charge in [-0.15, -0.1) is 4.73 Å². The smallest absolute Gasteiger partial charge is 0.363 e. The molecule has 7 nitrogen and oxygen atoms in total. The van der Waals surface area contributed by atoms with Crippen molar-refractivity contribution in [3.63, 3.8) is 0 Å². The largest absolute Gasteiger partial charge is 0.396 e. The zero-order valence-corrected chi connectivity index (χ0v) is 12.2. The number of para-hydroxylation sites is 1. The number of fused-ring (bicyclic) bond motifs is 1. The first kappa shape index (κ1) is 14.9.